The third-order valence-corrected chi connectivity index (χ3v) is 6.05. The lowest BCUT2D eigenvalue weighted by atomic mass is 10.1. The number of nitrogens with one attached hydrogen (secondary N) is 1. The summed E-state index contributed by atoms with van der Waals surface area (Å²) in [7, 11) is 0. The van der Waals surface area contributed by atoms with Crippen molar-refractivity contribution in [3.05, 3.63) is 76.5 Å². The second-order valence-electron chi connectivity index (χ2n) is 7.12. The van der Waals surface area contributed by atoms with E-state index in [1.54, 1.807) is 11.3 Å². The smallest absolute Gasteiger partial charge is 0.108 e. The minimum Gasteiger partial charge on any atom is -0.380 e. The maximum atomic E-state index is 4.54. The molecule has 1 aliphatic heterocycles. The normalized spacial score (nSPS) is 17.4. The Bertz CT molecular complexity index is 1040. The minimum absolute atomic E-state index is 0.310. The van der Waals surface area contributed by atoms with Crippen LogP contribution in [0.5, 0.6) is 0 Å². The van der Waals surface area contributed by atoms with Crippen molar-refractivity contribution in [1.82, 2.24) is 24.7 Å². The van der Waals surface area contributed by atoms with Crippen LogP contribution in [0.4, 0.5) is 5.69 Å². The first kappa shape index (κ1) is 17.3. The highest BCUT2D eigenvalue weighted by atomic mass is 32.1. The number of pyridine rings is 1. The van der Waals surface area contributed by atoms with Gasteiger partial charge >= 0.3 is 0 Å². The van der Waals surface area contributed by atoms with Crippen molar-refractivity contribution in [1.29, 1.82) is 0 Å². The zero-order valence-corrected chi connectivity index (χ0v) is 16.3. The van der Waals surface area contributed by atoms with Crippen LogP contribution in [0, 0.1) is 0 Å². The number of rotatable bonds is 6. The van der Waals surface area contributed by atoms with Crippen LogP contribution in [0.3, 0.4) is 0 Å². The molecule has 1 unspecified atom stereocenters. The average Bonchev–Trinajstić information content (AvgIpc) is 3.48. The van der Waals surface area contributed by atoms with Crippen molar-refractivity contribution in [3.8, 4) is 0 Å². The van der Waals surface area contributed by atoms with Crippen LogP contribution >= 0.6 is 11.3 Å². The molecule has 4 heterocycles. The predicted molar refractivity (Wildman–Crippen MR) is 111 cm³/mol. The molecule has 1 aliphatic rings. The Morgan fingerprint density at radius 3 is 2.93 bits per heavy atom. The molecule has 5 rings (SSSR count). The molecule has 1 fully saturated rings. The summed E-state index contributed by atoms with van der Waals surface area (Å²) in [6.45, 7) is 2.76. The highest BCUT2D eigenvalue weighted by molar-refractivity contribution is 7.09. The van der Waals surface area contributed by atoms with Gasteiger partial charge in [0.2, 0.25) is 0 Å². The average molecular weight is 391 g/mol. The van der Waals surface area contributed by atoms with E-state index in [1.807, 2.05) is 28.4 Å². The van der Waals surface area contributed by atoms with Gasteiger partial charge in [0.1, 0.15) is 10.7 Å². The molecule has 7 heteroatoms. The van der Waals surface area contributed by atoms with Gasteiger partial charge in [0, 0.05) is 18.1 Å². The van der Waals surface area contributed by atoms with Crippen LogP contribution in [-0.4, -0.2) is 31.3 Å². The van der Waals surface area contributed by atoms with Crippen LogP contribution in [0.25, 0.3) is 5.52 Å². The summed E-state index contributed by atoms with van der Waals surface area (Å²) in [5.74, 6) is 0. The number of anilines is 1. The Morgan fingerprint density at radius 1 is 1.14 bits per heavy atom. The maximum Gasteiger partial charge on any atom is 0.108 e. The lowest BCUT2D eigenvalue weighted by Gasteiger charge is -2.21. The first-order valence-corrected chi connectivity index (χ1v) is 10.5. The van der Waals surface area contributed by atoms with Gasteiger partial charge in [-0.15, -0.1) is 16.4 Å². The largest absolute Gasteiger partial charge is 0.380 e. The predicted octanol–water partition coefficient (Wildman–Crippen LogP) is 4.14. The second kappa shape index (κ2) is 7.69. The van der Waals surface area contributed by atoms with E-state index in [0.29, 0.717) is 6.04 Å². The molecule has 1 N–H and O–H groups in total. The Labute approximate surface area is 167 Å². The molecule has 0 spiro atoms. The second-order valence-corrected chi connectivity index (χ2v) is 8.09. The molecule has 1 atom stereocenters. The summed E-state index contributed by atoms with van der Waals surface area (Å²) < 4.78 is 1.89. The molecule has 1 saturated heterocycles. The molecule has 0 saturated carbocycles. The van der Waals surface area contributed by atoms with Crippen molar-refractivity contribution < 1.29 is 0 Å². The molecule has 0 amide bonds. The molecule has 0 radical (unpaired) electrons. The standard InChI is InChI=1S/C21H22N6S/c1-2-5-16(6-3-1)13-23-17-8-9-19-21(24-25-27(19)14-17)18-7-4-11-26(18)15-20-22-10-12-28-20/h1-3,5-6,8-10,12,14,18,23H,4,7,11,13,15H2. The molecular formula is C21H22N6S. The van der Waals surface area contributed by atoms with E-state index in [4.69, 9.17) is 0 Å². The van der Waals surface area contributed by atoms with Crippen molar-refractivity contribution in [3.63, 3.8) is 0 Å². The van der Waals surface area contributed by atoms with Crippen LogP contribution in [0.15, 0.2) is 60.2 Å². The highest BCUT2D eigenvalue weighted by Gasteiger charge is 2.30. The molecule has 0 bridgehead atoms. The maximum absolute atomic E-state index is 4.54. The van der Waals surface area contributed by atoms with E-state index in [1.165, 1.54) is 12.0 Å². The Kier molecular flexibility index (Phi) is 4.76. The Morgan fingerprint density at radius 2 is 2.07 bits per heavy atom. The SMILES string of the molecule is c1ccc(CNc2ccc3c(C4CCCN4Cc4nccs4)nnn3c2)cc1. The molecule has 4 aromatic rings. The van der Waals surface area contributed by atoms with Gasteiger partial charge in [0.15, 0.2) is 0 Å². The number of aromatic nitrogens is 4. The van der Waals surface area contributed by atoms with Gasteiger partial charge in [-0.25, -0.2) is 9.50 Å². The van der Waals surface area contributed by atoms with Gasteiger partial charge in [-0.2, -0.15) is 0 Å². The number of thiazole rings is 1. The van der Waals surface area contributed by atoms with Crippen molar-refractivity contribution in [2.45, 2.75) is 32.0 Å². The first-order chi connectivity index (χ1) is 13.9. The summed E-state index contributed by atoms with van der Waals surface area (Å²) in [6, 6.07) is 14.9. The van der Waals surface area contributed by atoms with E-state index in [0.717, 1.165) is 48.0 Å². The van der Waals surface area contributed by atoms with E-state index < -0.39 is 0 Å². The van der Waals surface area contributed by atoms with Gasteiger partial charge in [0.25, 0.3) is 0 Å². The summed E-state index contributed by atoms with van der Waals surface area (Å²) in [4.78, 5) is 6.92. The van der Waals surface area contributed by atoms with Crippen LogP contribution < -0.4 is 5.32 Å². The molecule has 3 aromatic heterocycles. The van der Waals surface area contributed by atoms with Gasteiger partial charge < -0.3 is 5.32 Å². The Balaban J connectivity index is 1.34. The number of hydrogen-bond acceptors (Lipinski definition) is 6. The number of nitrogens with zero attached hydrogens (tertiary/aromatic N) is 5. The van der Waals surface area contributed by atoms with Gasteiger partial charge in [0.05, 0.1) is 30.0 Å². The zero-order chi connectivity index (χ0) is 18.8. The minimum atomic E-state index is 0.310. The van der Waals surface area contributed by atoms with Crippen LogP contribution in [0.2, 0.25) is 0 Å². The van der Waals surface area contributed by atoms with Gasteiger partial charge in [-0.05, 0) is 37.1 Å². The van der Waals surface area contributed by atoms with Crippen molar-refractivity contribution in [2.75, 3.05) is 11.9 Å². The molecular weight excluding hydrogens is 368 g/mol. The molecule has 28 heavy (non-hydrogen) atoms. The third-order valence-electron chi connectivity index (χ3n) is 5.28. The molecule has 142 valence electrons. The zero-order valence-electron chi connectivity index (χ0n) is 15.5. The fraction of sp³-hybridized carbons (Fsp3) is 0.286. The Hall–Kier alpha value is -2.77. The number of fused-ring (bicyclic) bond motifs is 1. The van der Waals surface area contributed by atoms with E-state index >= 15 is 0 Å². The van der Waals surface area contributed by atoms with Crippen LogP contribution in [-0.2, 0) is 13.1 Å². The number of likely N-dealkylation sites (tertiary alicyclic amines) is 1. The summed E-state index contributed by atoms with van der Waals surface area (Å²) in [5.41, 5.74) is 4.45. The quantitative estimate of drug-likeness (QED) is 0.536. The molecule has 6 nitrogen and oxygen atoms in total. The number of hydrogen-bond donors (Lipinski definition) is 1. The highest BCUT2D eigenvalue weighted by Crippen LogP contribution is 2.34. The molecule has 1 aromatic carbocycles. The van der Waals surface area contributed by atoms with E-state index in [9.17, 15) is 0 Å². The fourth-order valence-electron chi connectivity index (χ4n) is 3.89. The lowest BCUT2D eigenvalue weighted by molar-refractivity contribution is 0.245. The van der Waals surface area contributed by atoms with E-state index in [-0.39, 0.29) is 0 Å². The first-order valence-electron chi connectivity index (χ1n) is 9.62. The summed E-state index contributed by atoms with van der Waals surface area (Å²) in [6.07, 6.45) is 6.21. The van der Waals surface area contributed by atoms with Gasteiger partial charge in [-0.1, -0.05) is 35.5 Å². The summed E-state index contributed by atoms with van der Waals surface area (Å²) >= 11 is 1.72. The monoisotopic (exact) mass is 390 g/mol. The van der Waals surface area contributed by atoms with Crippen molar-refractivity contribution in [2.24, 2.45) is 0 Å². The van der Waals surface area contributed by atoms with Crippen molar-refractivity contribution >= 4 is 22.5 Å². The lowest BCUT2D eigenvalue weighted by Crippen LogP contribution is -2.23. The topological polar surface area (TPSA) is 58.3 Å². The fourth-order valence-corrected chi connectivity index (χ4v) is 4.53. The molecule has 0 aliphatic carbocycles. The van der Waals surface area contributed by atoms with Gasteiger partial charge in [-0.3, -0.25) is 4.90 Å². The number of benzene rings is 1. The summed E-state index contributed by atoms with van der Waals surface area (Å²) in [5, 5.41) is 15.6. The third kappa shape index (κ3) is 3.50. The van der Waals surface area contributed by atoms with E-state index in [2.05, 4.69) is 61.9 Å². The van der Waals surface area contributed by atoms with Crippen LogP contribution in [0.1, 0.15) is 35.1 Å².